The van der Waals surface area contributed by atoms with Crippen molar-refractivity contribution in [2.24, 2.45) is 0 Å². The number of carbonyl (C=O) groups excluding carboxylic acids is 1. The predicted octanol–water partition coefficient (Wildman–Crippen LogP) is -0.418. The highest BCUT2D eigenvalue weighted by Gasteiger charge is 2.25. The van der Waals surface area contributed by atoms with E-state index in [0.29, 0.717) is 5.69 Å². The molecule has 0 spiro atoms. The highest BCUT2D eigenvalue weighted by Crippen LogP contribution is 2.50. The van der Waals surface area contributed by atoms with Crippen LogP contribution in [0.4, 0.5) is 10.8 Å². The first-order valence-corrected chi connectivity index (χ1v) is 7.43. The second-order valence-electron chi connectivity index (χ2n) is 4.83. The highest BCUT2D eigenvalue weighted by molar-refractivity contribution is 7.13. The number of thiazole rings is 1. The number of rotatable bonds is 5. The molecule has 0 saturated carbocycles. The molecule has 2 aromatic rings. The molecule has 130 valence electrons. The zero-order valence-electron chi connectivity index (χ0n) is 12.1. The van der Waals surface area contributed by atoms with Crippen molar-refractivity contribution in [1.29, 1.82) is 0 Å². The fourth-order valence-corrected chi connectivity index (χ4v) is 2.56. The molecule has 9 N–H and O–H groups in total. The molecule has 0 atom stereocenters. The van der Waals surface area contributed by atoms with Crippen LogP contribution < -0.4 is 11.1 Å². The van der Waals surface area contributed by atoms with Crippen LogP contribution in [0.15, 0.2) is 5.38 Å². The first-order chi connectivity index (χ1) is 11.2. The Balaban J connectivity index is 2.28. The second kappa shape index (κ2) is 6.78. The summed E-state index contributed by atoms with van der Waals surface area (Å²) in [5.41, 5.74) is 4.71. The summed E-state index contributed by atoms with van der Waals surface area (Å²) >= 11 is 1.13. The van der Waals surface area contributed by atoms with Crippen molar-refractivity contribution >= 4 is 28.1 Å². The summed E-state index contributed by atoms with van der Waals surface area (Å²) < 4.78 is 0. The van der Waals surface area contributed by atoms with E-state index in [-0.39, 0.29) is 11.6 Å². The standard InChI is InChI=1S/C13H15N3O7S/c14-13-15-4(3-24-13)1-6(17)16-8-11(22)9(20)5(2-7(18)19)10(21)12(8)23/h3,7,18-23H,1-2H2,(H2,14,15)(H,16,17). The van der Waals surface area contributed by atoms with E-state index in [9.17, 15) is 25.2 Å². The lowest BCUT2D eigenvalue weighted by Crippen LogP contribution is -2.15. The number of nitrogen functional groups attached to an aromatic ring is 1. The number of aromatic hydroxyl groups is 4. The lowest BCUT2D eigenvalue weighted by molar-refractivity contribution is -0.115. The number of nitrogens with one attached hydrogen (secondary N) is 1. The average Bonchev–Trinajstić information content (AvgIpc) is 2.91. The van der Waals surface area contributed by atoms with Gasteiger partial charge in [0, 0.05) is 17.4 Å². The van der Waals surface area contributed by atoms with Gasteiger partial charge in [0.2, 0.25) is 5.91 Å². The van der Waals surface area contributed by atoms with Crippen LogP contribution in [-0.2, 0) is 17.6 Å². The molecule has 0 saturated heterocycles. The third-order valence-electron chi connectivity index (χ3n) is 3.06. The van der Waals surface area contributed by atoms with Crippen LogP contribution in [0, 0.1) is 0 Å². The predicted molar refractivity (Wildman–Crippen MR) is 83.9 cm³/mol. The lowest BCUT2D eigenvalue weighted by atomic mass is 10.1. The van der Waals surface area contributed by atoms with Gasteiger partial charge < -0.3 is 41.7 Å². The largest absolute Gasteiger partial charge is 0.504 e. The van der Waals surface area contributed by atoms with Gasteiger partial charge in [0.1, 0.15) is 5.69 Å². The number of amides is 1. The number of nitrogens with zero attached hydrogens (tertiary/aromatic N) is 1. The van der Waals surface area contributed by atoms with Crippen LogP contribution in [0.1, 0.15) is 11.3 Å². The number of hydrogen-bond acceptors (Lipinski definition) is 10. The first-order valence-electron chi connectivity index (χ1n) is 6.55. The Hall–Kier alpha value is -2.76. The molecule has 0 bridgehead atoms. The Labute approximate surface area is 139 Å². The molecule has 0 aliphatic rings. The van der Waals surface area contributed by atoms with Gasteiger partial charge >= 0.3 is 0 Å². The Kier molecular flexibility index (Phi) is 4.97. The van der Waals surface area contributed by atoms with Crippen molar-refractivity contribution in [3.05, 3.63) is 16.6 Å². The zero-order valence-corrected chi connectivity index (χ0v) is 12.9. The molecular weight excluding hydrogens is 342 g/mol. The molecule has 1 amide bonds. The molecule has 10 nitrogen and oxygen atoms in total. The van der Waals surface area contributed by atoms with Crippen molar-refractivity contribution < 1.29 is 35.4 Å². The number of anilines is 2. The van der Waals surface area contributed by atoms with E-state index >= 15 is 0 Å². The Morgan fingerprint density at radius 1 is 1.17 bits per heavy atom. The normalized spacial score (nSPS) is 11.0. The van der Waals surface area contributed by atoms with Gasteiger partial charge in [0.25, 0.3) is 0 Å². The minimum Gasteiger partial charge on any atom is -0.504 e. The number of phenols is 4. The minimum atomic E-state index is -1.93. The number of nitrogens with two attached hydrogens (primary N) is 1. The molecule has 0 radical (unpaired) electrons. The van der Waals surface area contributed by atoms with Crippen LogP contribution >= 0.6 is 11.3 Å². The third-order valence-corrected chi connectivity index (χ3v) is 3.78. The summed E-state index contributed by atoms with van der Waals surface area (Å²) in [6.07, 6.45) is -2.80. The molecule has 24 heavy (non-hydrogen) atoms. The fourth-order valence-electron chi connectivity index (χ4n) is 1.99. The third kappa shape index (κ3) is 3.59. The molecule has 2 rings (SSSR count). The molecule has 0 aliphatic carbocycles. The number of carbonyl (C=O) groups is 1. The van der Waals surface area contributed by atoms with E-state index in [0.717, 1.165) is 11.3 Å². The zero-order chi connectivity index (χ0) is 18.0. The lowest BCUT2D eigenvalue weighted by Gasteiger charge is -2.16. The van der Waals surface area contributed by atoms with Crippen LogP contribution in [0.25, 0.3) is 0 Å². The molecule has 0 fully saturated rings. The first kappa shape index (κ1) is 17.6. The van der Waals surface area contributed by atoms with E-state index in [1.54, 1.807) is 5.38 Å². The molecule has 1 heterocycles. The average molecular weight is 357 g/mol. The van der Waals surface area contributed by atoms with Crippen molar-refractivity contribution in [1.82, 2.24) is 4.98 Å². The van der Waals surface area contributed by atoms with Crippen molar-refractivity contribution in [3.8, 4) is 23.0 Å². The van der Waals surface area contributed by atoms with Gasteiger partial charge in [0.05, 0.1) is 12.1 Å². The van der Waals surface area contributed by atoms with E-state index in [1.807, 2.05) is 0 Å². The molecule has 0 unspecified atom stereocenters. The number of phenolic OH excluding ortho intramolecular Hbond substituents is 4. The maximum Gasteiger partial charge on any atom is 0.230 e. The molecule has 1 aromatic carbocycles. The summed E-state index contributed by atoms with van der Waals surface area (Å²) in [6.45, 7) is 0. The summed E-state index contributed by atoms with van der Waals surface area (Å²) in [5.74, 6) is -4.34. The van der Waals surface area contributed by atoms with Gasteiger partial charge in [0.15, 0.2) is 34.4 Å². The second-order valence-corrected chi connectivity index (χ2v) is 5.72. The summed E-state index contributed by atoms with van der Waals surface area (Å²) in [7, 11) is 0. The number of hydrogen-bond donors (Lipinski definition) is 8. The van der Waals surface area contributed by atoms with Crippen molar-refractivity contribution in [2.75, 3.05) is 11.1 Å². The van der Waals surface area contributed by atoms with Crippen LogP contribution in [-0.4, -0.2) is 47.8 Å². The van der Waals surface area contributed by atoms with Crippen LogP contribution in [0.5, 0.6) is 23.0 Å². The van der Waals surface area contributed by atoms with Gasteiger partial charge in [-0.1, -0.05) is 0 Å². The Morgan fingerprint density at radius 3 is 2.21 bits per heavy atom. The Bertz CT molecular complexity index is 746. The molecule has 11 heteroatoms. The van der Waals surface area contributed by atoms with E-state index in [4.69, 9.17) is 15.9 Å². The maximum atomic E-state index is 11.9. The van der Waals surface area contributed by atoms with E-state index < -0.39 is 52.9 Å². The minimum absolute atomic E-state index is 0.217. The van der Waals surface area contributed by atoms with Gasteiger partial charge in [-0.15, -0.1) is 11.3 Å². The summed E-state index contributed by atoms with van der Waals surface area (Å²) in [5, 5.41) is 61.2. The summed E-state index contributed by atoms with van der Waals surface area (Å²) in [4.78, 5) is 15.8. The van der Waals surface area contributed by atoms with Crippen molar-refractivity contribution in [2.45, 2.75) is 19.1 Å². The quantitative estimate of drug-likeness (QED) is 0.199. The fraction of sp³-hybridized carbons (Fsp3) is 0.231. The topological polar surface area (TPSA) is 189 Å². The summed E-state index contributed by atoms with van der Waals surface area (Å²) in [6, 6.07) is 0. The van der Waals surface area contributed by atoms with E-state index in [2.05, 4.69) is 10.3 Å². The molecule has 1 aromatic heterocycles. The van der Waals surface area contributed by atoms with Gasteiger partial charge in [-0.25, -0.2) is 4.98 Å². The molecule has 0 aliphatic heterocycles. The number of aliphatic hydroxyl groups excluding tert-OH is 1. The number of aromatic nitrogens is 1. The van der Waals surface area contributed by atoms with Gasteiger partial charge in [-0.3, -0.25) is 4.79 Å². The monoisotopic (exact) mass is 357 g/mol. The Morgan fingerprint density at radius 2 is 1.75 bits per heavy atom. The van der Waals surface area contributed by atoms with E-state index in [1.165, 1.54) is 0 Å². The highest BCUT2D eigenvalue weighted by atomic mass is 32.1. The van der Waals surface area contributed by atoms with Crippen LogP contribution in [0.2, 0.25) is 0 Å². The van der Waals surface area contributed by atoms with Crippen LogP contribution in [0.3, 0.4) is 0 Å². The smallest absolute Gasteiger partial charge is 0.230 e. The maximum absolute atomic E-state index is 11.9. The van der Waals surface area contributed by atoms with Gasteiger partial charge in [-0.2, -0.15) is 0 Å². The van der Waals surface area contributed by atoms with Crippen molar-refractivity contribution in [3.63, 3.8) is 0 Å². The van der Waals surface area contributed by atoms with Gasteiger partial charge in [-0.05, 0) is 0 Å². The molecular formula is C13H15N3O7S. The number of aliphatic hydroxyl groups is 2. The number of benzene rings is 1. The SMILES string of the molecule is Nc1nc(CC(=O)Nc2c(O)c(O)c(CC(O)O)c(O)c2O)cs1.